The van der Waals surface area contributed by atoms with Crippen LogP contribution < -0.4 is 11.1 Å². The molecule has 1 spiro atoms. The average molecular weight is 509 g/mol. The van der Waals surface area contributed by atoms with Crippen LogP contribution in [-0.4, -0.2) is 79.0 Å². The lowest BCUT2D eigenvalue weighted by molar-refractivity contribution is -0.146. The van der Waals surface area contributed by atoms with E-state index in [9.17, 15) is 14.4 Å². The molecule has 1 aromatic rings. The van der Waals surface area contributed by atoms with Gasteiger partial charge in [-0.05, 0) is 37.8 Å². The highest BCUT2D eigenvalue weighted by Crippen LogP contribution is 2.49. The number of carbonyl (C=O) groups is 3. The Bertz CT molecular complexity index is 1050. The third-order valence-electron chi connectivity index (χ3n) is 7.27. The summed E-state index contributed by atoms with van der Waals surface area (Å²) in [7, 11) is 1.82. The summed E-state index contributed by atoms with van der Waals surface area (Å²) in [6.45, 7) is 12.2. The van der Waals surface area contributed by atoms with Gasteiger partial charge < -0.3 is 25.6 Å². The van der Waals surface area contributed by atoms with E-state index in [0.29, 0.717) is 32.5 Å². The molecular formula is C29H40N4O4. The van der Waals surface area contributed by atoms with Crippen molar-refractivity contribution in [3.63, 3.8) is 0 Å². The van der Waals surface area contributed by atoms with Crippen molar-refractivity contribution in [2.24, 2.45) is 11.1 Å². The zero-order valence-electron chi connectivity index (χ0n) is 22.2. The van der Waals surface area contributed by atoms with Crippen molar-refractivity contribution in [2.45, 2.75) is 44.2 Å². The summed E-state index contributed by atoms with van der Waals surface area (Å²) in [5, 5.41) is 2.78. The molecule has 2 unspecified atom stereocenters. The normalized spacial score (nSPS) is 23.2. The number of piperidine rings is 1. The number of likely N-dealkylation sites (N-methyl/N-ethyl adjacent to an activating group) is 1. The summed E-state index contributed by atoms with van der Waals surface area (Å²) in [6.07, 6.45) is 6.46. The standard InChI is InChI=1S/C29H40N4O4/c1-6-12-21(7-2)18-37-19-24(31-26(35)28(3,4)30)25(34)33-16-11-15-29(20-33)23(17-32(5)27(29)36)22-13-9-8-10-14-22/h6-10,12-14,23-24H,1-2,11,15-20,30H2,3-5H3,(H,31,35)/b21-12+/t23?,24-,29?/m1/s1. The summed E-state index contributed by atoms with van der Waals surface area (Å²) in [5.41, 5.74) is 6.02. The largest absolute Gasteiger partial charge is 0.374 e. The molecule has 3 N–H and O–H groups in total. The van der Waals surface area contributed by atoms with Crippen molar-refractivity contribution in [3.8, 4) is 0 Å². The molecule has 0 saturated carbocycles. The summed E-state index contributed by atoms with van der Waals surface area (Å²) in [4.78, 5) is 43.5. The fourth-order valence-electron chi connectivity index (χ4n) is 5.26. The Hall–Kier alpha value is -3.23. The molecule has 3 rings (SSSR count). The van der Waals surface area contributed by atoms with Gasteiger partial charge in [-0.15, -0.1) is 0 Å². The summed E-state index contributed by atoms with van der Waals surface area (Å²) in [6, 6.07) is 9.08. The molecule has 200 valence electrons. The molecule has 2 saturated heterocycles. The number of carbonyl (C=O) groups excluding carboxylic acids is 3. The van der Waals surface area contributed by atoms with Crippen LogP contribution in [0, 0.1) is 5.41 Å². The van der Waals surface area contributed by atoms with Gasteiger partial charge in [0.2, 0.25) is 17.7 Å². The summed E-state index contributed by atoms with van der Waals surface area (Å²) < 4.78 is 5.81. The van der Waals surface area contributed by atoms with E-state index in [1.807, 2.05) is 37.4 Å². The highest BCUT2D eigenvalue weighted by atomic mass is 16.5. The number of likely N-dealkylation sites (tertiary alicyclic amines) is 2. The number of rotatable bonds is 10. The van der Waals surface area contributed by atoms with Gasteiger partial charge in [0.1, 0.15) is 6.04 Å². The molecule has 2 aliphatic rings. The van der Waals surface area contributed by atoms with E-state index in [1.54, 1.807) is 41.9 Å². The number of hydrogen-bond acceptors (Lipinski definition) is 5. The molecule has 0 bridgehead atoms. The van der Waals surface area contributed by atoms with Crippen LogP contribution in [-0.2, 0) is 19.1 Å². The van der Waals surface area contributed by atoms with Crippen LogP contribution in [0.3, 0.4) is 0 Å². The second-order valence-corrected chi connectivity index (χ2v) is 10.6. The zero-order valence-corrected chi connectivity index (χ0v) is 22.2. The molecule has 0 aromatic heterocycles. The number of nitrogens with one attached hydrogen (secondary N) is 1. The minimum Gasteiger partial charge on any atom is -0.374 e. The monoisotopic (exact) mass is 508 g/mol. The van der Waals surface area contributed by atoms with Gasteiger partial charge >= 0.3 is 0 Å². The van der Waals surface area contributed by atoms with Gasteiger partial charge in [0.15, 0.2) is 0 Å². The van der Waals surface area contributed by atoms with Crippen molar-refractivity contribution in [1.29, 1.82) is 0 Å². The maximum atomic E-state index is 13.8. The predicted octanol–water partition coefficient (Wildman–Crippen LogP) is 2.39. The molecule has 3 amide bonds. The first-order valence-electron chi connectivity index (χ1n) is 12.7. The minimum absolute atomic E-state index is 0.0201. The van der Waals surface area contributed by atoms with Crippen LogP contribution in [0.25, 0.3) is 0 Å². The second-order valence-electron chi connectivity index (χ2n) is 10.6. The minimum atomic E-state index is -1.17. The van der Waals surface area contributed by atoms with E-state index < -0.39 is 22.9 Å². The van der Waals surface area contributed by atoms with Crippen LogP contribution in [0.15, 0.2) is 67.3 Å². The zero-order chi connectivity index (χ0) is 27.2. The number of hydrogen-bond donors (Lipinski definition) is 2. The van der Waals surface area contributed by atoms with Crippen LogP contribution in [0.2, 0.25) is 0 Å². The Morgan fingerprint density at radius 1 is 1.30 bits per heavy atom. The number of ether oxygens (including phenoxy) is 1. The quantitative estimate of drug-likeness (QED) is 0.472. The summed E-state index contributed by atoms with van der Waals surface area (Å²) >= 11 is 0. The Labute approximate surface area is 220 Å². The Morgan fingerprint density at radius 2 is 2.00 bits per heavy atom. The Morgan fingerprint density at radius 3 is 2.62 bits per heavy atom. The van der Waals surface area contributed by atoms with Crippen LogP contribution in [0.5, 0.6) is 0 Å². The van der Waals surface area contributed by atoms with E-state index in [2.05, 4.69) is 18.5 Å². The van der Waals surface area contributed by atoms with Gasteiger partial charge in [-0.25, -0.2) is 0 Å². The lowest BCUT2D eigenvalue weighted by Gasteiger charge is -2.43. The maximum absolute atomic E-state index is 13.8. The van der Waals surface area contributed by atoms with Crippen LogP contribution in [0.1, 0.15) is 38.2 Å². The van der Waals surface area contributed by atoms with E-state index in [-0.39, 0.29) is 30.9 Å². The number of benzene rings is 1. The van der Waals surface area contributed by atoms with Crippen molar-refractivity contribution < 1.29 is 19.1 Å². The van der Waals surface area contributed by atoms with E-state index in [0.717, 1.165) is 11.1 Å². The van der Waals surface area contributed by atoms with Crippen LogP contribution >= 0.6 is 0 Å². The fraction of sp³-hybridized carbons (Fsp3) is 0.483. The lowest BCUT2D eigenvalue weighted by Crippen LogP contribution is -2.60. The van der Waals surface area contributed by atoms with E-state index in [4.69, 9.17) is 10.5 Å². The maximum Gasteiger partial charge on any atom is 0.247 e. The van der Waals surface area contributed by atoms with E-state index in [1.165, 1.54) is 0 Å². The number of nitrogens with zero attached hydrogens (tertiary/aromatic N) is 2. The average Bonchev–Trinajstić information content (AvgIpc) is 3.11. The topological polar surface area (TPSA) is 105 Å². The van der Waals surface area contributed by atoms with Gasteiger partial charge in [-0.2, -0.15) is 0 Å². The molecule has 0 aliphatic carbocycles. The molecule has 8 nitrogen and oxygen atoms in total. The Balaban J connectivity index is 1.84. The number of amides is 3. The van der Waals surface area contributed by atoms with Crippen molar-refractivity contribution >= 4 is 17.7 Å². The molecule has 2 heterocycles. The lowest BCUT2D eigenvalue weighted by atomic mass is 9.69. The number of nitrogens with two attached hydrogens (primary N) is 1. The third-order valence-corrected chi connectivity index (χ3v) is 7.27. The molecular weight excluding hydrogens is 468 g/mol. The smallest absolute Gasteiger partial charge is 0.247 e. The van der Waals surface area contributed by atoms with Gasteiger partial charge in [0.25, 0.3) is 0 Å². The first-order valence-corrected chi connectivity index (χ1v) is 12.7. The van der Waals surface area contributed by atoms with Crippen molar-refractivity contribution in [2.75, 3.05) is 39.9 Å². The van der Waals surface area contributed by atoms with Crippen molar-refractivity contribution in [3.05, 3.63) is 72.9 Å². The highest BCUT2D eigenvalue weighted by molar-refractivity contribution is 5.92. The third kappa shape index (κ3) is 6.37. The molecule has 2 fully saturated rings. The first-order chi connectivity index (χ1) is 17.5. The first kappa shape index (κ1) is 28.3. The highest BCUT2D eigenvalue weighted by Gasteiger charge is 2.55. The molecule has 8 heteroatoms. The van der Waals surface area contributed by atoms with Crippen LogP contribution in [0.4, 0.5) is 0 Å². The van der Waals surface area contributed by atoms with Gasteiger partial charge in [-0.1, -0.05) is 61.7 Å². The fourth-order valence-corrected chi connectivity index (χ4v) is 5.26. The predicted molar refractivity (Wildman–Crippen MR) is 145 cm³/mol. The summed E-state index contributed by atoms with van der Waals surface area (Å²) in [5.74, 6) is -0.693. The molecule has 1 aromatic carbocycles. The molecule has 3 atom stereocenters. The molecule has 2 aliphatic heterocycles. The Kier molecular flexibility index (Phi) is 9.10. The van der Waals surface area contributed by atoms with Gasteiger partial charge in [0.05, 0.1) is 24.2 Å². The second kappa shape index (κ2) is 11.9. The van der Waals surface area contributed by atoms with Gasteiger partial charge in [0, 0.05) is 32.6 Å². The van der Waals surface area contributed by atoms with Crippen molar-refractivity contribution in [1.82, 2.24) is 15.1 Å². The van der Waals surface area contributed by atoms with E-state index >= 15 is 0 Å². The van der Waals surface area contributed by atoms with Gasteiger partial charge in [-0.3, -0.25) is 14.4 Å². The molecule has 0 radical (unpaired) electrons. The number of allylic oxidation sites excluding steroid dienone is 2. The molecule has 37 heavy (non-hydrogen) atoms. The SMILES string of the molecule is C=C/C=C(\C=C)COC[C@@H](NC(=O)C(C)(C)N)C(=O)N1CCCC2(C1)C(=O)N(C)CC2c1ccccc1.